The van der Waals surface area contributed by atoms with E-state index in [1.54, 1.807) is 0 Å². The highest BCUT2D eigenvalue weighted by Gasteiger charge is 2.10. The van der Waals surface area contributed by atoms with E-state index < -0.39 is 0 Å². The van der Waals surface area contributed by atoms with Gasteiger partial charge in [0.1, 0.15) is 25.2 Å². The Balaban J connectivity index is 1.80. The molecule has 100 valence electrons. The van der Waals surface area contributed by atoms with E-state index in [1.807, 2.05) is 0 Å². The minimum atomic E-state index is -0.288. The summed E-state index contributed by atoms with van der Waals surface area (Å²) >= 11 is 0. The monoisotopic (exact) mass is 255 g/mol. The zero-order valence-electron chi connectivity index (χ0n) is 10.1. The molecule has 2 rings (SSSR count). The quantitative estimate of drug-likeness (QED) is 0.788. The Labute approximate surface area is 105 Å². The second-order valence-corrected chi connectivity index (χ2v) is 4.04. The van der Waals surface area contributed by atoms with Crippen molar-refractivity contribution in [3.8, 4) is 5.75 Å². The molecule has 18 heavy (non-hydrogen) atoms. The molecule has 0 radical (unpaired) electrons. The van der Waals surface area contributed by atoms with Crippen LogP contribution in [-0.4, -0.2) is 49.5 Å². The van der Waals surface area contributed by atoms with E-state index in [0.29, 0.717) is 6.61 Å². The molecule has 1 aromatic heterocycles. The Kier molecular flexibility index (Phi) is 4.74. The second-order valence-electron chi connectivity index (χ2n) is 4.04. The van der Waals surface area contributed by atoms with Crippen molar-refractivity contribution >= 4 is 0 Å². The van der Waals surface area contributed by atoms with Gasteiger partial charge in [-0.1, -0.05) is 0 Å². The molecule has 1 aliphatic rings. The van der Waals surface area contributed by atoms with Gasteiger partial charge in [0.15, 0.2) is 0 Å². The summed E-state index contributed by atoms with van der Waals surface area (Å²) in [4.78, 5) is 13.8. The molecule has 0 bridgehead atoms. The molecule has 1 saturated heterocycles. The Morgan fingerprint density at radius 2 is 2.17 bits per heavy atom. The minimum Gasteiger partial charge on any atom is -0.485 e. The van der Waals surface area contributed by atoms with Crippen molar-refractivity contribution in [1.29, 1.82) is 0 Å². The molecule has 0 unspecified atom stereocenters. The lowest BCUT2D eigenvalue weighted by atomic mass is 10.4. The lowest BCUT2D eigenvalue weighted by Gasteiger charge is -2.26. The molecule has 0 amide bonds. The molecular formula is C12H17NO5. The number of morpholine rings is 1. The maximum atomic E-state index is 11.6. The summed E-state index contributed by atoms with van der Waals surface area (Å²) in [6.07, 6.45) is 1.24. The molecule has 2 heterocycles. The zero-order valence-corrected chi connectivity index (χ0v) is 10.1. The summed E-state index contributed by atoms with van der Waals surface area (Å²) in [5, 5.41) is 8.81. The summed E-state index contributed by atoms with van der Waals surface area (Å²) in [6, 6.07) is 1.24. The van der Waals surface area contributed by atoms with Crippen LogP contribution in [0.25, 0.3) is 0 Å². The van der Waals surface area contributed by atoms with Crippen molar-refractivity contribution in [3.05, 3.63) is 28.3 Å². The van der Waals surface area contributed by atoms with Gasteiger partial charge in [0, 0.05) is 25.7 Å². The highest BCUT2D eigenvalue weighted by Crippen LogP contribution is 2.06. The third-order valence-electron chi connectivity index (χ3n) is 2.78. The molecule has 0 spiro atoms. The number of nitrogens with zero attached hydrogens (tertiary/aromatic N) is 1. The first-order valence-electron chi connectivity index (χ1n) is 5.95. The van der Waals surface area contributed by atoms with Crippen LogP contribution in [-0.2, 0) is 11.3 Å². The maximum Gasteiger partial charge on any atom is 0.227 e. The Morgan fingerprint density at radius 3 is 2.83 bits per heavy atom. The van der Waals surface area contributed by atoms with Crippen LogP contribution in [0.2, 0.25) is 0 Å². The van der Waals surface area contributed by atoms with Gasteiger partial charge in [-0.25, -0.2) is 0 Å². The van der Waals surface area contributed by atoms with Gasteiger partial charge in [-0.3, -0.25) is 9.69 Å². The fourth-order valence-electron chi connectivity index (χ4n) is 1.74. The summed E-state index contributed by atoms with van der Waals surface area (Å²) in [5.41, 5.74) is -0.271. The number of aliphatic hydroxyl groups is 1. The fraction of sp³-hybridized carbons (Fsp3) is 0.583. The molecule has 6 heteroatoms. The highest BCUT2D eigenvalue weighted by molar-refractivity contribution is 5.17. The average molecular weight is 255 g/mol. The van der Waals surface area contributed by atoms with Crippen molar-refractivity contribution in [3.63, 3.8) is 0 Å². The second kappa shape index (κ2) is 6.53. The zero-order chi connectivity index (χ0) is 12.8. The van der Waals surface area contributed by atoms with Gasteiger partial charge in [0.2, 0.25) is 11.2 Å². The van der Waals surface area contributed by atoms with E-state index in [4.69, 9.17) is 19.0 Å². The predicted octanol–water partition coefficient (Wildman–Crippen LogP) is -0.157. The number of rotatable bonds is 5. The highest BCUT2D eigenvalue weighted by atomic mass is 16.5. The molecular weight excluding hydrogens is 238 g/mol. The van der Waals surface area contributed by atoms with Crippen molar-refractivity contribution in [2.24, 2.45) is 0 Å². The Bertz CT molecular complexity index is 425. The molecule has 1 N–H and O–H groups in total. The van der Waals surface area contributed by atoms with E-state index in [9.17, 15) is 4.79 Å². The first kappa shape index (κ1) is 13.1. The maximum absolute atomic E-state index is 11.6. The van der Waals surface area contributed by atoms with Crippen LogP contribution in [0.3, 0.4) is 0 Å². The lowest BCUT2D eigenvalue weighted by Crippen LogP contribution is -2.38. The number of aliphatic hydroxyl groups excluding tert-OH is 1. The third-order valence-corrected chi connectivity index (χ3v) is 2.78. The van der Waals surface area contributed by atoms with Crippen LogP contribution in [0, 0.1) is 0 Å². The van der Waals surface area contributed by atoms with Crippen molar-refractivity contribution in [1.82, 2.24) is 4.90 Å². The van der Waals surface area contributed by atoms with E-state index in [2.05, 4.69) is 4.90 Å². The number of hydrogen-bond acceptors (Lipinski definition) is 6. The van der Waals surface area contributed by atoms with Crippen LogP contribution < -0.4 is 10.2 Å². The average Bonchev–Trinajstić information content (AvgIpc) is 2.42. The molecule has 1 aliphatic heterocycles. The van der Waals surface area contributed by atoms with Crippen molar-refractivity contribution < 1.29 is 19.0 Å². The van der Waals surface area contributed by atoms with Crippen LogP contribution in [0.1, 0.15) is 5.76 Å². The van der Waals surface area contributed by atoms with Crippen LogP contribution in [0.15, 0.2) is 21.5 Å². The summed E-state index contributed by atoms with van der Waals surface area (Å²) in [7, 11) is 0. The smallest absolute Gasteiger partial charge is 0.227 e. The summed E-state index contributed by atoms with van der Waals surface area (Å²) in [6.45, 7) is 4.17. The van der Waals surface area contributed by atoms with Gasteiger partial charge in [0.25, 0.3) is 0 Å². The molecule has 1 aromatic rings. The van der Waals surface area contributed by atoms with E-state index in [1.165, 1.54) is 12.3 Å². The van der Waals surface area contributed by atoms with Gasteiger partial charge >= 0.3 is 0 Å². The number of ether oxygens (including phenoxy) is 2. The van der Waals surface area contributed by atoms with Crippen molar-refractivity contribution in [2.45, 2.75) is 6.61 Å². The van der Waals surface area contributed by atoms with E-state index in [0.717, 1.165) is 32.8 Å². The Morgan fingerprint density at radius 1 is 1.39 bits per heavy atom. The summed E-state index contributed by atoms with van der Waals surface area (Å²) in [5.74, 6) is 0.418. The number of hydrogen-bond donors (Lipinski definition) is 1. The summed E-state index contributed by atoms with van der Waals surface area (Å²) < 4.78 is 15.6. The predicted molar refractivity (Wildman–Crippen MR) is 63.7 cm³/mol. The third kappa shape index (κ3) is 3.56. The van der Waals surface area contributed by atoms with Gasteiger partial charge < -0.3 is 19.0 Å². The standard InChI is InChI=1S/C12H17NO5/c14-8-10-7-11(15)12(9-18-10)17-6-3-13-1-4-16-5-2-13/h7,9,14H,1-6,8H2. The van der Waals surface area contributed by atoms with Gasteiger partial charge in [-0.05, 0) is 0 Å². The molecule has 0 atom stereocenters. The topological polar surface area (TPSA) is 72.1 Å². The SMILES string of the molecule is O=c1cc(CO)occ1OCCN1CCOCC1. The minimum absolute atomic E-state index is 0.181. The first-order chi connectivity index (χ1) is 8.79. The molecule has 0 aromatic carbocycles. The van der Waals surface area contributed by atoms with E-state index >= 15 is 0 Å². The lowest BCUT2D eigenvalue weighted by molar-refractivity contribution is 0.0320. The molecule has 1 fully saturated rings. The van der Waals surface area contributed by atoms with Crippen LogP contribution >= 0.6 is 0 Å². The van der Waals surface area contributed by atoms with Gasteiger partial charge in [-0.15, -0.1) is 0 Å². The Hall–Kier alpha value is -1.37. The molecule has 0 aliphatic carbocycles. The van der Waals surface area contributed by atoms with Crippen LogP contribution in [0.5, 0.6) is 5.75 Å². The molecule has 6 nitrogen and oxygen atoms in total. The van der Waals surface area contributed by atoms with Gasteiger partial charge in [-0.2, -0.15) is 0 Å². The largest absolute Gasteiger partial charge is 0.485 e. The molecule has 0 saturated carbocycles. The first-order valence-corrected chi connectivity index (χ1v) is 5.95. The van der Waals surface area contributed by atoms with E-state index in [-0.39, 0.29) is 23.5 Å². The van der Waals surface area contributed by atoms with Crippen LogP contribution in [0.4, 0.5) is 0 Å². The normalized spacial score (nSPS) is 16.7. The van der Waals surface area contributed by atoms with Gasteiger partial charge in [0.05, 0.1) is 13.2 Å². The van der Waals surface area contributed by atoms with Crippen molar-refractivity contribution in [2.75, 3.05) is 39.5 Å². The fourth-order valence-corrected chi connectivity index (χ4v) is 1.74.